The van der Waals surface area contributed by atoms with Crippen LogP contribution in [0.15, 0.2) is 35.3 Å². The topological polar surface area (TPSA) is 153 Å². The van der Waals surface area contributed by atoms with Crippen LogP contribution in [0, 0.1) is 11.8 Å². The standard InChI is InChI=1S/C33H41BrN4O8S/c1-4-20-17-33(20,32(41)37-47(42,43)22-10-11-22)36-31(40)24-15-21(18-38(24)28(39)14-19-8-6-7-9-19)46-26-16-27(45-5-2)35-30-23(26)12-13-25(44-3)29(30)34/h4,12-13,16,19-22,24H,1,5-11,14-15,17-18H2,2-3H3,(H,36,40)(H,37,41)/t20-,21-,24-,33-/m1/s1. The van der Waals surface area contributed by atoms with Crippen molar-refractivity contribution < 1.29 is 37.0 Å². The SMILES string of the molecule is C=C[C@@H]1C[C@]1(NC(=O)[C@H]1C[C@@H](Oc2cc(OCC)nc3c(Br)c(OC)ccc23)CN1C(=O)CC1CCCC1)C(=O)NS(=O)(=O)C1CC1. The van der Waals surface area contributed by atoms with Crippen LogP contribution < -0.4 is 24.2 Å². The molecule has 14 heteroatoms. The minimum atomic E-state index is -3.83. The number of halogens is 1. The van der Waals surface area contributed by atoms with Crippen molar-refractivity contribution in [2.75, 3.05) is 20.3 Å². The van der Waals surface area contributed by atoms with Gasteiger partial charge < -0.3 is 24.4 Å². The number of carbonyl (C=O) groups excluding carboxylic acids is 3. The lowest BCUT2D eigenvalue weighted by Gasteiger charge is -2.27. The molecule has 3 amide bonds. The summed E-state index contributed by atoms with van der Waals surface area (Å²) in [6.07, 6.45) is 6.80. The molecule has 3 saturated carbocycles. The average molecular weight is 734 g/mol. The Bertz CT molecular complexity index is 1690. The van der Waals surface area contributed by atoms with Crippen LogP contribution in [0.5, 0.6) is 17.4 Å². The van der Waals surface area contributed by atoms with Crippen LogP contribution in [0.25, 0.3) is 10.9 Å². The summed E-state index contributed by atoms with van der Waals surface area (Å²) >= 11 is 3.58. The van der Waals surface area contributed by atoms with E-state index in [-0.39, 0.29) is 31.2 Å². The van der Waals surface area contributed by atoms with Crippen molar-refractivity contribution in [3.8, 4) is 17.4 Å². The first kappa shape index (κ1) is 33.5. The molecule has 2 heterocycles. The summed E-state index contributed by atoms with van der Waals surface area (Å²) in [5, 5.41) is 2.94. The van der Waals surface area contributed by atoms with Crippen molar-refractivity contribution in [2.45, 2.75) is 87.6 Å². The van der Waals surface area contributed by atoms with Gasteiger partial charge in [0.2, 0.25) is 27.7 Å². The van der Waals surface area contributed by atoms with E-state index in [1.54, 1.807) is 30.2 Å². The fourth-order valence-electron chi connectivity index (χ4n) is 6.85. The normalized spacial score (nSPS) is 25.8. The van der Waals surface area contributed by atoms with Gasteiger partial charge in [0.05, 0.1) is 35.5 Å². The minimum absolute atomic E-state index is 0.142. The van der Waals surface area contributed by atoms with Gasteiger partial charge in [-0.25, -0.2) is 13.4 Å². The monoisotopic (exact) mass is 732 g/mol. The Labute approximate surface area is 283 Å². The molecule has 2 N–H and O–H groups in total. The number of rotatable bonds is 13. The molecule has 1 saturated heterocycles. The first-order valence-corrected chi connectivity index (χ1v) is 18.6. The number of amides is 3. The summed E-state index contributed by atoms with van der Waals surface area (Å²) in [7, 11) is -2.26. The second-order valence-electron chi connectivity index (χ2n) is 12.9. The molecule has 0 radical (unpaired) electrons. The van der Waals surface area contributed by atoms with E-state index in [9.17, 15) is 22.8 Å². The summed E-state index contributed by atoms with van der Waals surface area (Å²) in [5.74, 6) is -0.203. The van der Waals surface area contributed by atoms with E-state index in [0.29, 0.717) is 58.6 Å². The Morgan fingerprint density at radius 3 is 2.55 bits per heavy atom. The number of likely N-dealkylation sites (tertiary alicyclic amines) is 1. The van der Waals surface area contributed by atoms with Gasteiger partial charge in [0, 0.05) is 30.2 Å². The van der Waals surface area contributed by atoms with Gasteiger partial charge in [0.15, 0.2) is 0 Å². The van der Waals surface area contributed by atoms with Gasteiger partial charge in [-0.2, -0.15) is 0 Å². The number of methoxy groups -OCH3 is 1. The highest BCUT2D eigenvalue weighted by atomic mass is 79.9. The molecule has 12 nitrogen and oxygen atoms in total. The Morgan fingerprint density at radius 2 is 1.91 bits per heavy atom. The highest BCUT2D eigenvalue weighted by molar-refractivity contribution is 9.10. The molecule has 0 unspecified atom stereocenters. The van der Waals surface area contributed by atoms with Gasteiger partial charge >= 0.3 is 0 Å². The zero-order valence-corrected chi connectivity index (χ0v) is 29.0. The quantitative estimate of drug-likeness (QED) is 0.291. The maximum atomic E-state index is 14.0. The van der Waals surface area contributed by atoms with Gasteiger partial charge in [-0.3, -0.25) is 19.1 Å². The van der Waals surface area contributed by atoms with Crippen molar-refractivity contribution in [3.05, 3.63) is 35.3 Å². The lowest BCUT2D eigenvalue weighted by Crippen LogP contribution is -2.56. The number of nitrogens with zero attached hydrogens (tertiary/aromatic N) is 2. The van der Waals surface area contributed by atoms with Crippen molar-refractivity contribution in [1.82, 2.24) is 19.9 Å². The molecule has 4 fully saturated rings. The summed E-state index contributed by atoms with van der Waals surface area (Å²) in [6.45, 7) is 6.18. The predicted molar refractivity (Wildman–Crippen MR) is 178 cm³/mol. The molecule has 1 aromatic heterocycles. The Balaban J connectivity index is 1.26. The van der Waals surface area contributed by atoms with E-state index in [1.807, 2.05) is 13.0 Å². The smallest absolute Gasteiger partial charge is 0.259 e. The maximum Gasteiger partial charge on any atom is 0.259 e. The largest absolute Gasteiger partial charge is 0.495 e. The number of carbonyl (C=O) groups is 3. The van der Waals surface area contributed by atoms with Crippen molar-refractivity contribution >= 4 is 54.6 Å². The van der Waals surface area contributed by atoms with Crippen LogP contribution in [0.2, 0.25) is 0 Å². The molecule has 6 rings (SSSR count). The zero-order chi connectivity index (χ0) is 33.5. The minimum Gasteiger partial charge on any atom is -0.495 e. The average Bonchev–Trinajstić information content (AvgIpc) is 3.92. The van der Waals surface area contributed by atoms with E-state index >= 15 is 0 Å². The highest BCUT2D eigenvalue weighted by Crippen LogP contribution is 2.46. The van der Waals surface area contributed by atoms with Crippen LogP contribution in [0.4, 0.5) is 0 Å². The highest BCUT2D eigenvalue weighted by Gasteiger charge is 2.62. The van der Waals surface area contributed by atoms with E-state index in [4.69, 9.17) is 14.2 Å². The van der Waals surface area contributed by atoms with E-state index in [0.717, 1.165) is 25.7 Å². The number of benzene rings is 1. The molecular weight excluding hydrogens is 692 g/mol. The van der Waals surface area contributed by atoms with E-state index < -0.39 is 50.7 Å². The summed E-state index contributed by atoms with van der Waals surface area (Å²) in [4.78, 5) is 47.3. The summed E-state index contributed by atoms with van der Waals surface area (Å²) < 4.78 is 45.7. The fraction of sp³-hybridized carbons (Fsp3) is 0.576. The molecule has 2 aromatic rings. The third kappa shape index (κ3) is 6.81. The molecule has 4 atom stereocenters. The maximum absolute atomic E-state index is 14.0. The molecule has 3 aliphatic carbocycles. The van der Waals surface area contributed by atoms with Crippen LogP contribution in [0.1, 0.15) is 64.7 Å². The van der Waals surface area contributed by atoms with Gasteiger partial charge in [0.1, 0.15) is 29.2 Å². The number of sulfonamides is 1. The molecule has 0 spiro atoms. The number of pyridine rings is 1. The van der Waals surface area contributed by atoms with Crippen molar-refractivity contribution in [2.24, 2.45) is 11.8 Å². The molecule has 1 aliphatic heterocycles. The predicted octanol–water partition coefficient (Wildman–Crippen LogP) is 4.00. The lowest BCUT2D eigenvalue weighted by atomic mass is 10.0. The van der Waals surface area contributed by atoms with E-state index in [2.05, 4.69) is 37.5 Å². The Hall–Kier alpha value is -3.39. The van der Waals surface area contributed by atoms with Gasteiger partial charge in [-0.15, -0.1) is 6.58 Å². The summed E-state index contributed by atoms with van der Waals surface area (Å²) in [6, 6.07) is 4.40. The van der Waals surface area contributed by atoms with E-state index in [1.165, 1.54) is 0 Å². The third-order valence-corrected chi connectivity index (χ3v) is 12.3. The van der Waals surface area contributed by atoms with Crippen LogP contribution in [-0.2, 0) is 24.4 Å². The first-order chi connectivity index (χ1) is 22.5. The number of aromatic nitrogens is 1. The first-order valence-electron chi connectivity index (χ1n) is 16.3. The molecule has 0 bridgehead atoms. The van der Waals surface area contributed by atoms with Crippen LogP contribution in [0.3, 0.4) is 0 Å². The fourth-order valence-corrected chi connectivity index (χ4v) is 8.81. The number of hydrogen-bond donors (Lipinski definition) is 2. The molecular formula is C33H41BrN4O8S. The summed E-state index contributed by atoms with van der Waals surface area (Å²) in [5.41, 5.74) is -0.871. The van der Waals surface area contributed by atoms with Crippen molar-refractivity contribution in [1.29, 1.82) is 0 Å². The third-order valence-electron chi connectivity index (χ3n) is 9.70. The lowest BCUT2D eigenvalue weighted by molar-refractivity contribution is -0.140. The van der Waals surface area contributed by atoms with Crippen molar-refractivity contribution in [3.63, 3.8) is 0 Å². The van der Waals surface area contributed by atoms with Gasteiger partial charge in [-0.05, 0) is 73.0 Å². The number of ether oxygens (including phenoxy) is 3. The number of nitrogens with one attached hydrogen (secondary N) is 2. The molecule has 254 valence electrons. The Morgan fingerprint density at radius 1 is 1.17 bits per heavy atom. The molecule has 47 heavy (non-hydrogen) atoms. The Kier molecular flexibility index (Phi) is 9.45. The van der Waals surface area contributed by atoms with Gasteiger partial charge in [-0.1, -0.05) is 18.9 Å². The molecule has 4 aliphatic rings. The number of hydrogen-bond acceptors (Lipinski definition) is 9. The number of fused-ring (bicyclic) bond motifs is 1. The van der Waals surface area contributed by atoms with Gasteiger partial charge in [0.25, 0.3) is 5.91 Å². The second-order valence-corrected chi connectivity index (χ2v) is 15.7. The van der Waals surface area contributed by atoms with Crippen LogP contribution in [-0.4, -0.2) is 79.2 Å². The zero-order valence-electron chi connectivity index (χ0n) is 26.6. The second kappa shape index (κ2) is 13.3. The molecule has 1 aromatic carbocycles. The van der Waals surface area contributed by atoms with Crippen LogP contribution >= 0.6 is 15.9 Å².